The predicted octanol–water partition coefficient (Wildman–Crippen LogP) is 2.43. The van der Waals surface area contributed by atoms with E-state index < -0.39 is 11.9 Å². The van der Waals surface area contributed by atoms with Crippen LogP contribution < -0.4 is 4.74 Å². The maximum Gasteiger partial charge on any atom is 0.307 e. The van der Waals surface area contributed by atoms with Crippen LogP contribution in [0.5, 0.6) is 5.75 Å². The molecular formula is C14H18ClNO3. The summed E-state index contributed by atoms with van der Waals surface area (Å²) < 4.78 is 5.64. The minimum absolute atomic E-state index is 0.391. The van der Waals surface area contributed by atoms with Crippen molar-refractivity contribution in [2.45, 2.75) is 19.9 Å². The Bertz CT molecular complexity index is 490. The molecule has 1 aliphatic heterocycles. The number of carbonyl (C=O) groups is 1. The van der Waals surface area contributed by atoms with Crippen molar-refractivity contribution in [2.24, 2.45) is 5.92 Å². The molecule has 5 heteroatoms. The topological polar surface area (TPSA) is 49.8 Å². The zero-order chi connectivity index (χ0) is 14.0. The van der Waals surface area contributed by atoms with Gasteiger partial charge in [-0.1, -0.05) is 18.5 Å². The molecule has 1 N–H and O–H groups in total. The van der Waals surface area contributed by atoms with Crippen LogP contribution in [0.25, 0.3) is 0 Å². The third-order valence-electron chi connectivity index (χ3n) is 3.27. The molecule has 2 rings (SSSR count). The fourth-order valence-electron chi connectivity index (χ4n) is 2.36. The molecule has 0 aliphatic carbocycles. The number of carboxylic acid groups (broad SMARTS) is 1. The molecule has 1 heterocycles. The average Bonchev–Trinajstić information content (AvgIpc) is 2.76. The number of aliphatic carboxylic acids is 1. The Morgan fingerprint density at radius 1 is 1.58 bits per heavy atom. The maximum atomic E-state index is 10.9. The molecule has 0 fully saturated rings. The Labute approximate surface area is 117 Å². The van der Waals surface area contributed by atoms with Crippen LogP contribution in [-0.2, 0) is 17.8 Å². The molecule has 4 nitrogen and oxygen atoms in total. The van der Waals surface area contributed by atoms with Crippen LogP contribution >= 0.6 is 11.6 Å². The highest BCUT2D eigenvalue weighted by Crippen LogP contribution is 2.33. The van der Waals surface area contributed by atoms with Crippen LogP contribution in [0.15, 0.2) is 12.1 Å². The van der Waals surface area contributed by atoms with Crippen molar-refractivity contribution in [3.63, 3.8) is 0 Å². The summed E-state index contributed by atoms with van der Waals surface area (Å²) in [5.41, 5.74) is 2.17. The summed E-state index contributed by atoms with van der Waals surface area (Å²) in [5.74, 6) is -0.253. The highest BCUT2D eigenvalue weighted by molar-refractivity contribution is 6.30. The quantitative estimate of drug-likeness (QED) is 0.902. The van der Waals surface area contributed by atoms with Crippen molar-refractivity contribution < 1.29 is 14.6 Å². The zero-order valence-electron chi connectivity index (χ0n) is 11.1. The first kappa shape index (κ1) is 14.2. The molecular weight excluding hydrogens is 266 g/mol. The first-order chi connectivity index (χ1) is 8.97. The Morgan fingerprint density at radius 2 is 2.32 bits per heavy atom. The number of ether oxygens (including phenoxy) is 1. The first-order valence-electron chi connectivity index (χ1n) is 6.33. The summed E-state index contributed by atoms with van der Waals surface area (Å²) in [5, 5.41) is 9.63. The van der Waals surface area contributed by atoms with Crippen molar-refractivity contribution >= 4 is 17.6 Å². The largest absolute Gasteiger partial charge is 0.493 e. The maximum absolute atomic E-state index is 10.9. The van der Waals surface area contributed by atoms with Gasteiger partial charge in [0.25, 0.3) is 0 Å². The van der Waals surface area contributed by atoms with Crippen LogP contribution in [-0.4, -0.2) is 36.2 Å². The molecule has 1 aromatic carbocycles. The van der Waals surface area contributed by atoms with Crippen molar-refractivity contribution in [1.82, 2.24) is 4.90 Å². The second kappa shape index (κ2) is 5.80. The van der Waals surface area contributed by atoms with Crippen molar-refractivity contribution in [2.75, 3.05) is 20.2 Å². The van der Waals surface area contributed by atoms with Crippen molar-refractivity contribution in [3.05, 3.63) is 28.3 Å². The Morgan fingerprint density at radius 3 is 3.00 bits per heavy atom. The lowest BCUT2D eigenvalue weighted by atomic mass is 10.1. The summed E-state index contributed by atoms with van der Waals surface area (Å²) >= 11 is 6.10. The monoisotopic (exact) mass is 283 g/mol. The highest BCUT2D eigenvalue weighted by Gasteiger charge is 2.20. The molecule has 1 unspecified atom stereocenters. The van der Waals surface area contributed by atoms with Gasteiger partial charge in [0.1, 0.15) is 5.75 Å². The predicted molar refractivity (Wildman–Crippen MR) is 73.8 cm³/mol. The minimum atomic E-state index is -0.778. The van der Waals surface area contributed by atoms with E-state index in [2.05, 4.69) is 0 Å². The average molecular weight is 284 g/mol. The molecule has 104 valence electrons. The second-order valence-corrected chi connectivity index (χ2v) is 5.52. The van der Waals surface area contributed by atoms with Gasteiger partial charge in [-0.05, 0) is 24.7 Å². The molecule has 1 atom stereocenters. The lowest BCUT2D eigenvalue weighted by molar-refractivity contribution is -0.141. The second-order valence-electron chi connectivity index (χ2n) is 5.09. The lowest BCUT2D eigenvalue weighted by Gasteiger charge is -2.20. The number of hydrogen-bond acceptors (Lipinski definition) is 3. The molecule has 0 saturated carbocycles. The summed E-state index contributed by atoms with van der Waals surface area (Å²) in [6.07, 6.45) is 0.887. The Kier molecular flexibility index (Phi) is 4.32. The van der Waals surface area contributed by atoms with E-state index in [0.29, 0.717) is 24.7 Å². The van der Waals surface area contributed by atoms with E-state index in [0.717, 1.165) is 23.3 Å². The van der Waals surface area contributed by atoms with Crippen molar-refractivity contribution in [1.29, 1.82) is 0 Å². The van der Waals surface area contributed by atoms with E-state index in [-0.39, 0.29) is 0 Å². The van der Waals surface area contributed by atoms with E-state index in [1.807, 2.05) is 24.1 Å². The van der Waals surface area contributed by atoms with Crippen molar-refractivity contribution in [3.8, 4) is 5.75 Å². The highest BCUT2D eigenvalue weighted by atomic mass is 35.5. The van der Waals surface area contributed by atoms with Gasteiger partial charge in [-0.3, -0.25) is 4.79 Å². The van der Waals surface area contributed by atoms with Gasteiger partial charge < -0.3 is 14.7 Å². The van der Waals surface area contributed by atoms with Gasteiger partial charge in [0.15, 0.2) is 0 Å². The number of hydrogen-bond donors (Lipinski definition) is 1. The number of rotatable bonds is 5. The Balaban J connectivity index is 2.09. The smallest absolute Gasteiger partial charge is 0.307 e. The molecule has 19 heavy (non-hydrogen) atoms. The third kappa shape index (κ3) is 3.39. The van der Waals surface area contributed by atoms with E-state index in [4.69, 9.17) is 21.4 Å². The number of halogens is 1. The molecule has 1 aliphatic rings. The summed E-state index contributed by atoms with van der Waals surface area (Å²) in [7, 11) is 1.90. The number of fused-ring (bicyclic) bond motifs is 1. The number of benzene rings is 1. The SMILES string of the molecule is CC(CN(C)Cc1cc(Cl)cc2c1OCC2)C(=O)O. The van der Waals surface area contributed by atoms with E-state index in [1.165, 1.54) is 0 Å². The third-order valence-corrected chi connectivity index (χ3v) is 3.49. The minimum Gasteiger partial charge on any atom is -0.493 e. The number of nitrogens with zero attached hydrogens (tertiary/aromatic N) is 1. The van der Waals surface area contributed by atoms with Crippen LogP contribution in [0.1, 0.15) is 18.1 Å². The summed E-state index contributed by atoms with van der Waals surface area (Å²) in [4.78, 5) is 12.8. The summed E-state index contributed by atoms with van der Waals surface area (Å²) in [6, 6.07) is 3.83. The van der Waals surface area contributed by atoms with Gasteiger partial charge in [0, 0.05) is 30.1 Å². The van der Waals surface area contributed by atoms with Crippen LogP contribution in [0, 0.1) is 5.92 Å². The standard InChI is InChI=1S/C14H18ClNO3/c1-9(14(17)18)7-16(2)8-11-6-12(15)5-10-3-4-19-13(10)11/h5-6,9H,3-4,7-8H2,1-2H3,(H,17,18). The van der Waals surface area contributed by atoms with Gasteiger partial charge >= 0.3 is 5.97 Å². The van der Waals surface area contributed by atoms with E-state index in [1.54, 1.807) is 6.92 Å². The number of carboxylic acids is 1. The molecule has 0 radical (unpaired) electrons. The molecule has 0 saturated heterocycles. The molecule has 0 bridgehead atoms. The first-order valence-corrected chi connectivity index (χ1v) is 6.70. The molecule has 0 aromatic heterocycles. The molecule has 0 amide bonds. The molecule has 0 spiro atoms. The molecule has 1 aromatic rings. The van der Waals surface area contributed by atoms with Gasteiger partial charge in [0.05, 0.1) is 12.5 Å². The van der Waals surface area contributed by atoms with Crippen LogP contribution in [0.4, 0.5) is 0 Å². The van der Waals surface area contributed by atoms with Gasteiger partial charge in [0.2, 0.25) is 0 Å². The normalized spacial score (nSPS) is 15.2. The van der Waals surface area contributed by atoms with Gasteiger partial charge in [-0.2, -0.15) is 0 Å². The van der Waals surface area contributed by atoms with E-state index >= 15 is 0 Å². The lowest BCUT2D eigenvalue weighted by Crippen LogP contribution is -2.28. The van der Waals surface area contributed by atoms with Crippen LogP contribution in [0.3, 0.4) is 0 Å². The Hall–Kier alpha value is -1.26. The summed E-state index contributed by atoms with van der Waals surface area (Å²) in [6.45, 7) is 3.53. The van der Waals surface area contributed by atoms with E-state index in [9.17, 15) is 4.79 Å². The van der Waals surface area contributed by atoms with Gasteiger partial charge in [-0.15, -0.1) is 0 Å². The van der Waals surface area contributed by atoms with Gasteiger partial charge in [-0.25, -0.2) is 0 Å². The fourth-order valence-corrected chi connectivity index (χ4v) is 2.63. The van der Waals surface area contributed by atoms with Crippen LogP contribution in [0.2, 0.25) is 5.02 Å². The zero-order valence-corrected chi connectivity index (χ0v) is 11.9. The fraction of sp³-hybridized carbons (Fsp3) is 0.500.